The number of rotatable bonds is 3. The van der Waals surface area contributed by atoms with Gasteiger partial charge in [-0.2, -0.15) is 0 Å². The maximum absolute atomic E-state index is 5.83. The van der Waals surface area contributed by atoms with Gasteiger partial charge in [-0.05, 0) is 36.0 Å². The summed E-state index contributed by atoms with van der Waals surface area (Å²) < 4.78 is 11.7. The van der Waals surface area contributed by atoms with Crippen molar-refractivity contribution in [2.24, 2.45) is 0 Å². The van der Waals surface area contributed by atoms with Gasteiger partial charge < -0.3 is 9.47 Å². The summed E-state index contributed by atoms with van der Waals surface area (Å²) in [6.45, 7) is 15.9. The fourth-order valence-electron chi connectivity index (χ4n) is 3.76. The van der Waals surface area contributed by atoms with Gasteiger partial charge in [-0.15, -0.1) is 0 Å². The predicted molar refractivity (Wildman–Crippen MR) is 104 cm³/mol. The molecule has 2 aliphatic heterocycles. The first kappa shape index (κ1) is 18.6. The summed E-state index contributed by atoms with van der Waals surface area (Å²) >= 11 is 0. The Morgan fingerprint density at radius 1 is 1.00 bits per heavy atom. The third kappa shape index (κ3) is 4.33. The van der Waals surface area contributed by atoms with E-state index in [2.05, 4.69) is 63.8 Å². The number of piperidine rings is 1. The van der Waals surface area contributed by atoms with Gasteiger partial charge in [0, 0.05) is 32.5 Å². The van der Waals surface area contributed by atoms with Crippen LogP contribution >= 0.6 is 0 Å². The minimum atomic E-state index is -0.272. The zero-order chi connectivity index (χ0) is 18.1. The summed E-state index contributed by atoms with van der Waals surface area (Å²) in [5, 5.41) is 0. The molecule has 0 amide bonds. The molecule has 2 heterocycles. The molecule has 0 aromatic heterocycles. The Kier molecular flexibility index (Phi) is 5.38. The average molecular weight is 344 g/mol. The van der Waals surface area contributed by atoms with E-state index in [4.69, 9.17) is 9.47 Å². The Bertz CT molecular complexity index is 608. The van der Waals surface area contributed by atoms with Crippen LogP contribution in [0.4, 0.5) is 0 Å². The highest BCUT2D eigenvalue weighted by Gasteiger charge is 2.39. The van der Waals surface area contributed by atoms with Crippen LogP contribution in [0.2, 0.25) is 0 Å². The van der Waals surface area contributed by atoms with Crippen molar-refractivity contribution in [3.8, 4) is 0 Å². The van der Waals surface area contributed by atoms with Crippen LogP contribution in [0.5, 0.6) is 0 Å². The highest BCUT2D eigenvalue weighted by Crippen LogP contribution is 2.32. The van der Waals surface area contributed by atoms with E-state index in [9.17, 15) is 0 Å². The summed E-state index contributed by atoms with van der Waals surface area (Å²) in [5.41, 5.74) is 5.78. The van der Waals surface area contributed by atoms with Crippen molar-refractivity contribution in [2.45, 2.75) is 58.7 Å². The zero-order valence-electron chi connectivity index (χ0n) is 16.5. The molecule has 1 spiro atoms. The van der Waals surface area contributed by atoms with Crippen molar-refractivity contribution in [2.75, 3.05) is 32.8 Å². The van der Waals surface area contributed by atoms with Crippen LogP contribution in [-0.2, 0) is 14.9 Å². The van der Waals surface area contributed by atoms with E-state index >= 15 is 0 Å². The molecule has 2 saturated heterocycles. The number of allylic oxidation sites excluding steroid dienone is 1. The second-order valence-electron chi connectivity index (χ2n) is 8.62. The Morgan fingerprint density at radius 3 is 2.08 bits per heavy atom. The molecule has 0 aliphatic carbocycles. The van der Waals surface area contributed by atoms with E-state index in [0.29, 0.717) is 0 Å². The summed E-state index contributed by atoms with van der Waals surface area (Å²) in [6.07, 6.45) is 1.97. The van der Waals surface area contributed by atoms with Crippen molar-refractivity contribution in [3.05, 3.63) is 41.0 Å². The molecule has 0 unspecified atom stereocenters. The van der Waals surface area contributed by atoms with Gasteiger partial charge >= 0.3 is 0 Å². The Hall–Kier alpha value is -1.16. The lowest BCUT2D eigenvalue weighted by Crippen LogP contribution is -2.45. The second kappa shape index (κ2) is 7.22. The minimum absolute atomic E-state index is 0.208. The lowest BCUT2D eigenvalue weighted by atomic mass is 9.86. The number of ether oxygens (including phenoxy) is 2. The fraction of sp³-hybridized carbons (Fsp3) is 0.636. The van der Waals surface area contributed by atoms with Crippen molar-refractivity contribution in [1.29, 1.82) is 0 Å². The molecule has 2 fully saturated rings. The van der Waals surface area contributed by atoms with Crippen molar-refractivity contribution in [1.82, 2.24) is 4.90 Å². The first-order chi connectivity index (χ1) is 11.8. The van der Waals surface area contributed by atoms with Crippen LogP contribution in [0.25, 0.3) is 5.57 Å². The van der Waals surface area contributed by atoms with E-state index in [0.717, 1.165) is 45.7 Å². The lowest BCUT2D eigenvalue weighted by molar-refractivity contribution is -0.184. The monoisotopic (exact) mass is 343 g/mol. The molecule has 3 rings (SSSR count). The molecule has 0 saturated carbocycles. The quantitative estimate of drug-likeness (QED) is 0.799. The number of nitrogens with zero attached hydrogens (tertiary/aromatic N) is 1. The standard InChI is InChI=1S/C22H33NO2/c1-17(16-23-12-10-22(11-13-23)24-14-15-25-22)18(2)19-6-8-20(9-7-19)21(3,4)5/h6-9H,10-16H2,1-5H3. The molecule has 3 heteroatoms. The molecular weight excluding hydrogens is 310 g/mol. The van der Waals surface area contributed by atoms with E-state index in [1.807, 2.05) is 0 Å². The Morgan fingerprint density at radius 2 is 1.56 bits per heavy atom. The first-order valence-electron chi connectivity index (χ1n) is 9.57. The molecule has 3 nitrogen and oxygen atoms in total. The van der Waals surface area contributed by atoms with Gasteiger partial charge in [0.2, 0.25) is 0 Å². The van der Waals surface area contributed by atoms with Gasteiger partial charge in [0.15, 0.2) is 5.79 Å². The van der Waals surface area contributed by atoms with Crippen LogP contribution < -0.4 is 0 Å². The number of hydrogen-bond donors (Lipinski definition) is 0. The first-order valence-corrected chi connectivity index (χ1v) is 9.57. The van der Waals surface area contributed by atoms with Gasteiger partial charge in [0.05, 0.1) is 13.2 Å². The molecular formula is C22H33NO2. The van der Waals surface area contributed by atoms with E-state index < -0.39 is 0 Å². The largest absolute Gasteiger partial charge is 0.347 e. The number of likely N-dealkylation sites (tertiary alicyclic amines) is 1. The third-order valence-corrected chi connectivity index (χ3v) is 5.72. The van der Waals surface area contributed by atoms with E-state index in [1.165, 1.54) is 22.3 Å². The molecule has 2 aliphatic rings. The minimum Gasteiger partial charge on any atom is -0.347 e. The Labute approximate surface area is 153 Å². The van der Waals surface area contributed by atoms with E-state index in [-0.39, 0.29) is 11.2 Å². The van der Waals surface area contributed by atoms with Crippen LogP contribution in [0, 0.1) is 0 Å². The van der Waals surface area contributed by atoms with Crippen LogP contribution in [-0.4, -0.2) is 43.5 Å². The summed E-state index contributed by atoms with van der Waals surface area (Å²) in [5.74, 6) is -0.272. The van der Waals surface area contributed by atoms with Gasteiger partial charge in [0.1, 0.15) is 0 Å². The van der Waals surface area contributed by atoms with Crippen LogP contribution in [0.1, 0.15) is 58.6 Å². The highest BCUT2D eigenvalue weighted by molar-refractivity contribution is 5.67. The number of benzene rings is 1. The summed E-state index contributed by atoms with van der Waals surface area (Å²) in [7, 11) is 0. The van der Waals surface area contributed by atoms with Crippen molar-refractivity contribution in [3.63, 3.8) is 0 Å². The molecule has 0 bridgehead atoms. The smallest absolute Gasteiger partial charge is 0.170 e. The summed E-state index contributed by atoms with van der Waals surface area (Å²) in [6, 6.07) is 9.08. The predicted octanol–water partition coefficient (Wildman–Crippen LogP) is 4.62. The Balaban J connectivity index is 1.62. The maximum atomic E-state index is 5.83. The molecule has 0 N–H and O–H groups in total. The van der Waals surface area contributed by atoms with Gasteiger partial charge in [-0.3, -0.25) is 4.90 Å². The zero-order valence-corrected chi connectivity index (χ0v) is 16.5. The molecule has 0 radical (unpaired) electrons. The summed E-state index contributed by atoms with van der Waals surface area (Å²) in [4.78, 5) is 2.53. The van der Waals surface area contributed by atoms with Crippen molar-refractivity contribution < 1.29 is 9.47 Å². The second-order valence-corrected chi connectivity index (χ2v) is 8.62. The maximum Gasteiger partial charge on any atom is 0.170 e. The normalized spacial score (nSPS) is 22.3. The topological polar surface area (TPSA) is 21.7 Å². The molecule has 25 heavy (non-hydrogen) atoms. The van der Waals surface area contributed by atoms with E-state index in [1.54, 1.807) is 0 Å². The number of hydrogen-bond acceptors (Lipinski definition) is 3. The van der Waals surface area contributed by atoms with Gasteiger partial charge in [-0.1, -0.05) is 50.6 Å². The van der Waals surface area contributed by atoms with Crippen LogP contribution in [0.3, 0.4) is 0 Å². The molecule has 1 aromatic carbocycles. The molecule has 1 aromatic rings. The van der Waals surface area contributed by atoms with Crippen molar-refractivity contribution >= 4 is 5.57 Å². The van der Waals surface area contributed by atoms with Crippen LogP contribution in [0.15, 0.2) is 29.8 Å². The fourth-order valence-corrected chi connectivity index (χ4v) is 3.76. The average Bonchev–Trinajstić information content (AvgIpc) is 3.04. The third-order valence-electron chi connectivity index (χ3n) is 5.72. The van der Waals surface area contributed by atoms with Gasteiger partial charge in [-0.25, -0.2) is 0 Å². The lowest BCUT2D eigenvalue weighted by Gasteiger charge is -2.37. The SMILES string of the molecule is CC(CN1CCC2(CC1)OCCO2)=C(C)c1ccc(C(C)(C)C)cc1. The molecule has 0 atom stereocenters. The highest BCUT2D eigenvalue weighted by atomic mass is 16.7. The molecule has 138 valence electrons. The van der Waals surface area contributed by atoms with Gasteiger partial charge in [0.25, 0.3) is 0 Å².